The summed E-state index contributed by atoms with van der Waals surface area (Å²) in [7, 11) is 1.30. The van der Waals surface area contributed by atoms with Crippen molar-refractivity contribution >= 4 is 19.8 Å². The predicted octanol–water partition coefficient (Wildman–Crippen LogP) is 11.3. The minimum Gasteiger partial charge on any atom is -0.462 e. The molecule has 0 bridgehead atoms. The number of hydrogen-bond donors (Lipinski definition) is 2. The van der Waals surface area contributed by atoms with E-state index in [9.17, 15) is 24.2 Å². The zero-order chi connectivity index (χ0) is 43.7. The van der Waals surface area contributed by atoms with E-state index >= 15 is 0 Å². The SMILES string of the molecule is CC/C=C\C/C=C\C/C=C\C/C=C\C/C=C\C=C/C(O)CCC(=O)O[C@H](COC(=O)CCCCCCC/C=C\C/C=C\C/C=C\CC)COP(=O)(O)OCC[N+](C)(C)C. The summed E-state index contributed by atoms with van der Waals surface area (Å²) in [6.07, 6.45) is 49.0. The van der Waals surface area contributed by atoms with Crippen LogP contribution in [0.5, 0.6) is 0 Å². The van der Waals surface area contributed by atoms with Gasteiger partial charge in [0.2, 0.25) is 0 Å². The Hall–Kier alpha value is -3.37. The number of phosphoric ester groups is 1. The molecule has 0 rings (SSSR count). The van der Waals surface area contributed by atoms with E-state index in [0.717, 1.165) is 83.5 Å². The van der Waals surface area contributed by atoms with Crippen LogP contribution in [0.3, 0.4) is 0 Å². The highest BCUT2D eigenvalue weighted by molar-refractivity contribution is 7.47. The Balaban J connectivity index is 4.67. The summed E-state index contributed by atoms with van der Waals surface area (Å²) < 4.78 is 34.0. The molecule has 0 amide bonds. The number of likely N-dealkylation sites (N-methyl/N-ethyl adjacent to an activating group) is 1. The summed E-state index contributed by atoms with van der Waals surface area (Å²) in [6, 6.07) is 0. The molecular weight excluding hydrogens is 766 g/mol. The highest BCUT2D eigenvalue weighted by atomic mass is 31.2. The van der Waals surface area contributed by atoms with Gasteiger partial charge in [-0.2, -0.15) is 0 Å². The van der Waals surface area contributed by atoms with Gasteiger partial charge in [0.05, 0.1) is 33.9 Å². The summed E-state index contributed by atoms with van der Waals surface area (Å²) in [6.45, 7) is 3.86. The molecule has 0 aliphatic carbocycles. The molecule has 59 heavy (non-hydrogen) atoms. The zero-order valence-electron chi connectivity index (χ0n) is 37.0. The van der Waals surface area contributed by atoms with Crippen molar-refractivity contribution in [3.8, 4) is 0 Å². The number of unbranched alkanes of at least 4 members (excludes halogenated alkanes) is 5. The van der Waals surface area contributed by atoms with Crippen molar-refractivity contribution in [3.63, 3.8) is 0 Å². The third-order valence-corrected chi connectivity index (χ3v) is 9.40. The van der Waals surface area contributed by atoms with Gasteiger partial charge in [0, 0.05) is 12.8 Å². The molecule has 0 heterocycles. The van der Waals surface area contributed by atoms with Crippen molar-refractivity contribution in [1.82, 2.24) is 0 Å². The second kappa shape index (κ2) is 38.8. The molecule has 0 fully saturated rings. The summed E-state index contributed by atoms with van der Waals surface area (Å²) in [4.78, 5) is 35.4. The minimum atomic E-state index is -4.45. The number of esters is 2. The molecule has 334 valence electrons. The summed E-state index contributed by atoms with van der Waals surface area (Å²) in [5, 5.41) is 10.4. The van der Waals surface area contributed by atoms with Gasteiger partial charge in [0.15, 0.2) is 6.10 Å². The topological polar surface area (TPSA) is 129 Å². The molecule has 10 nitrogen and oxygen atoms in total. The monoisotopic (exact) mass is 845 g/mol. The number of ether oxygens (including phenoxy) is 2. The van der Waals surface area contributed by atoms with Gasteiger partial charge >= 0.3 is 19.8 Å². The van der Waals surface area contributed by atoms with E-state index in [1.54, 1.807) is 12.2 Å². The molecule has 2 N–H and O–H groups in total. The van der Waals surface area contributed by atoms with Gasteiger partial charge in [-0.3, -0.25) is 18.6 Å². The smallest absolute Gasteiger partial charge is 0.462 e. The quantitative estimate of drug-likeness (QED) is 0.0157. The van der Waals surface area contributed by atoms with Crippen molar-refractivity contribution in [1.29, 1.82) is 0 Å². The van der Waals surface area contributed by atoms with Crippen molar-refractivity contribution in [2.75, 3.05) is 47.5 Å². The van der Waals surface area contributed by atoms with E-state index in [0.29, 0.717) is 17.4 Å². The molecule has 0 radical (unpaired) electrons. The maximum absolute atomic E-state index is 12.7. The fourth-order valence-electron chi connectivity index (χ4n) is 5.02. The van der Waals surface area contributed by atoms with Crippen LogP contribution in [0.25, 0.3) is 0 Å². The molecular formula is C48H79NO9P+. The molecule has 2 unspecified atom stereocenters. The van der Waals surface area contributed by atoms with Gasteiger partial charge < -0.3 is 24.0 Å². The maximum Gasteiger partial charge on any atom is 0.472 e. The van der Waals surface area contributed by atoms with Crippen molar-refractivity contribution in [3.05, 3.63) is 109 Å². The van der Waals surface area contributed by atoms with E-state index in [2.05, 4.69) is 98.9 Å². The van der Waals surface area contributed by atoms with Crippen LogP contribution in [0.15, 0.2) is 109 Å². The molecule has 3 atom stereocenters. The highest BCUT2D eigenvalue weighted by Crippen LogP contribution is 2.43. The number of quaternary nitrogens is 1. The summed E-state index contributed by atoms with van der Waals surface area (Å²) >= 11 is 0. The van der Waals surface area contributed by atoms with Crippen molar-refractivity contribution < 1.29 is 47.2 Å². The molecule has 0 saturated heterocycles. The average molecular weight is 845 g/mol. The van der Waals surface area contributed by atoms with Gasteiger partial charge in [-0.25, -0.2) is 4.57 Å². The number of carbonyl (C=O) groups excluding carboxylic acids is 2. The first kappa shape index (κ1) is 55.6. The molecule has 0 aromatic carbocycles. The van der Waals surface area contributed by atoms with Crippen LogP contribution in [0.4, 0.5) is 0 Å². The standard InChI is InChI=1S/C48H78NO9P/c1-6-8-10-12-14-16-18-20-22-24-25-27-29-31-33-35-37-45(50)39-40-48(52)58-46(44-57-59(53,54)56-42-41-49(3,4)5)43-55-47(51)38-36-34-32-30-28-26-23-21-19-17-15-13-11-9-7-2/h8-11,14-17,20-23,25,27,31,33,35,37,45-46,50H,6-7,12-13,18-19,24,26,28-30,32,34,36,38-44H2,1-5H3/p+1/b10-8-,11-9-,16-14-,17-15-,22-20-,23-21-,27-25-,33-31-,37-35-/t45?,46-/m1/s1. The van der Waals surface area contributed by atoms with Crippen LogP contribution in [0.1, 0.15) is 123 Å². The number of carbonyl (C=O) groups is 2. The van der Waals surface area contributed by atoms with Crippen LogP contribution in [-0.4, -0.2) is 86.1 Å². The number of phosphoric acid groups is 1. The Morgan fingerprint density at radius 2 is 1.12 bits per heavy atom. The second-order valence-electron chi connectivity index (χ2n) is 15.2. The lowest BCUT2D eigenvalue weighted by molar-refractivity contribution is -0.870. The Labute approximate surface area is 358 Å². The fourth-order valence-corrected chi connectivity index (χ4v) is 5.76. The molecule has 0 aromatic heterocycles. The molecule has 0 aromatic rings. The number of nitrogens with zero attached hydrogens (tertiary/aromatic N) is 1. The van der Waals surface area contributed by atoms with Gasteiger partial charge in [-0.15, -0.1) is 0 Å². The highest BCUT2D eigenvalue weighted by Gasteiger charge is 2.27. The lowest BCUT2D eigenvalue weighted by Gasteiger charge is -2.24. The number of hydrogen-bond acceptors (Lipinski definition) is 8. The fraction of sp³-hybridized carbons (Fsp3) is 0.583. The van der Waals surface area contributed by atoms with E-state index in [4.69, 9.17) is 18.5 Å². The number of allylic oxidation sites excluding steroid dienone is 17. The second-order valence-corrected chi connectivity index (χ2v) is 16.6. The van der Waals surface area contributed by atoms with Gasteiger partial charge in [-0.1, -0.05) is 142 Å². The Morgan fingerprint density at radius 1 is 0.610 bits per heavy atom. The Kier molecular flexibility index (Phi) is 36.6. The first-order chi connectivity index (χ1) is 28.4. The first-order valence-electron chi connectivity index (χ1n) is 21.7. The molecule has 0 spiro atoms. The van der Waals surface area contributed by atoms with Crippen LogP contribution in [-0.2, 0) is 32.7 Å². The zero-order valence-corrected chi connectivity index (χ0v) is 37.9. The molecule has 0 aliphatic rings. The van der Waals surface area contributed by atoms with Crippen LogP contribution < -0.4 is 0 Å². The number of aliphatic hydroxyl groups excluding tert-OH is 1. The van der Waals surface area contributed by atoms with Gasteiger partial charge in [0.25, 0.3) is 0 Å². The van der Waals surface area contributed by atoms with E-state index in [-0.39, 0.29) is 32.5 Å². The summed E-state index contributed by atoms with van der Waals surface area (Å²) in [5.41, 5.74) is 0. The minimum absolute atomic E-state index is 0.0204. The predicted molar refractivity (Wildman–Crippen MR) is 244 cm³/mol. The summed E-state index contributed by atoms with van der Waals surface area (Å²) in [5.74, 6) is -1.11. The normalized spacial score (nSPS) is 15.2. The first-order valence-corrected chi connectivity index (χ1v) is 23.2. The third kappa shape index (κ3) is 42.6. The number of aliphatic hydroxyl groups is 1. The molecule has 0 saturated carbocycles. The molecule has 0 aliphatic heterocycles. The Morgan fingerprint density at radius 3 is 1.68 bits per heavy atom. The van der Waals surface area contributed by atoms with E-state index in [1.807, 2.05) is 33.3 Å². The van der Waals surface area contributed by atoms with E-state index in [1.165, 1.54) is 0 Å². The third-order valence-electron chi connectivity index (χ3n) is 8.42. The molecule has 11 heteroatoms. The van der Waals surface area contributed by atoms with Crippen LogP contribution in [0.2, 0.25) is 0 Å². The van der Waals surface area contributed by atoms with Gasteiger partial charge in [0.1, 0.15) is 19.8 Å². The maximum atomic E-state index is 12.7. The van der Waals surface area contributed by atoms with Gasteiger partial charge in [-0.05, 0) is 77.0 Å². The Bertz CT molecular complexity index is 1380. The van der Waals surface area contributed by atoms with E-state index < -0.39 is 38.6 Å². The number of rotatable bonds is 37. The lowest BCUT2D eigenvalue weighted by Crippen LogP contribution is -2.37. The lowest BCUT2D eigenvalue weighted by atomic mass is 10.1. The average Bonchev–Trinajstić information content (AvgIpc) is 3.18. The largest absolute Gasteiger partial charge is 0.472 e. The van der Waals surface area contributed by atoms with Crippen molar-refractivity contribution in [2.45, 2.75) is 135 Å². The van der Waals surface area contributed by atoms with Crippen molar-refractivity contribution in [2.24, 2.45) is 0 Å². The van der Waals surface area contributed by atoms with Crippen LogP contribution >= 0.6 is 7.82 Å². The van der Waals surface area contributed by atoms with Crippen LogP contribution in [0, 0.1) is 0 Å².